The van der Waals surface area contributed by atoms with Gasteiger partial charge >= 0.3 is 0 Å². The number of hydrogen-bond donors (Lipinski definition) is 2. The van der Waals surface area contributed by atoms with E-state index in [1.807, 2.05) is 46.9 Å². The SMILES string of the molecule is OCC1Cc2ccc(-c3ccc(-c4ccc5c(c4)Cc4cc(-c6ccc(-c7ccc8c(c7)c7ccccc7n8O)s6)ccc4-5)s3)cc2-c2ccccc21. The largest absolute Gasteiger partial charge is 0.428 e. The van der Waals surface area contributed by atoms with Crippen molar-refractivity contribution in [2.24, 2.45) is 0 Å². The number of nitrogens with zero attached hydrogens (tertiary/aromatic N) is 1. The molecule has 0 spiro atoms. The first-order chi connectivity index (χ1) is 26.1. The molecule has 0 radical (unpaired) electrons. The van der Waals surface area contributed by atoms with Gasteiger partial charge in [0.25, 0.3) is 0 Å². The zero-order valence-electron chi connectivity index (χ0n) is 28.7. The molecule has 3 heterocycles. The summed E-state index contributed by atoms with van der Waals surface area (Å²) in [6.45, 7) is 0.174. The molecule has 0 aliphatic heterocycles. The molecule has 0 fully saturated rings. The summed E-state index contributed by atoms with van der Waals surface area (Å²) in [7, 11) is 0. The van der Waals surface area contributed by atoms with Crippen LogP contribution in [-0.2, 0) is 12.8 Å². The van der Waals surface area contributed by atoms with E-state index in [1.54, 1.807) is 0 Å². The minimum atomic E-state index is 0.162. The summed E-state index contributed by atoms with van der Waals surface area (Å²) >= 11 is 3.67. The van der Waals surface area contributed by atoms with Gasteiger partial charge in [0, 0.05) is 36.2 Å². The normalized spacial score (nSPS) is 14.3. The van der Waals surface area contributed by atoms with Crippen LogP contribution < -0.4 is 0 Å². The molecule has 0 bridgehead atoms. The van der Waals surface area contributed by atoms with Crippen LogP contribution >= 0.6 is 22.7 Å². The fourth-order valence-electron chi connectivity index (χ4n) is 8.71. The monoisotopic (exact) mass is 719 g/mol. The second kappa shape index (κ2) is 11.9. The lowest BCUT2D eigenvalue weighted by molar-refractivity contribution is 0.213. The van der Waals surface area contributed by atoms with Gasteiger partial charge in [0.15, 0.2) is 0 Å². The number of aliphatic hydroxyl groups is 1. The van der Waals surface area contributed by atoms with Crippen LogP contribution in [0.15, 0.2) is 146 Å². The molecular weight excluding hydrogens is 687 g/mol. The Morgan fingerprint density at radius 3 is 1.75 bits per heavy atom. The number of aromatic nitrogens is 1. The van der Waals surface area contributed by atoms with Crippen molar-refractivity contribution in [1.29, 1.82) is 0 Å². The first-order valence-corrected chi connectivity index (χ1v) is 19.8. The van der Waals surface area contributed by atoms with Crippen LogP contribution in [0.2, 0.25) is 0 Å². The maximum Gasteiger partial charge on any atom is 0.0879 e. The van der Waals surface area contributed by atoms with Crippen LogP contribution in [0.3, 0.4) is 0 Å². The minimum absolute atomic E-state index is 0.162. The van der Waals surface area contributed by atoms with Crippen molar-refractivity contribution in [3.05, 3.63) is 168 Å². The Hall–Kier alpha value is -5.72. The molecule has 2 N–H and O–H groups in total. The van der Waals surface area contributed by atoms with E-state index in [9.17, 15) is 10.3 Å². The lowest BCUT2D eigenvalue weighted by atomic mass is 9.78. The summed E-state index contributed by atoms with van der Waals surface area (Å²) in [6, 6.07) is 52.7. The van der Waals surface area contributed by atoms with E-state index in [4.69, 9.17) is 0 Å². The van der Waals surface area contributed by atoms with Crippen LogP contribution in [0.4, 0.5) is 0 Å². The van der Waals surface area contributed by atoms with Gasteiger partial charge in [-0.05, 0) is 140 Å². The van der Waals surface area contributed by atoms with Crippen molar-refractivity contribution >= 4 is 44.5 Å². The summed E-state index contributed by atoms with van der Waals surface area (Å²) < 4.78 is 1.29. The first kappa shape index (κ1) is 30.9. The molecule has 2 aliphatic rings. The Morgan fingerprint density at radius 2 is 1.06 bits per heavy atom. The highest BCUT2D eigenvalue weighted by molar-refractivity contribution is 7.19. The molecule has 254 valence electrons. The average molecular weight is 720 g/mol. The zero-order chi connectivity index (χ0) is 35.2. The number of thiophene rings is 2. The molecule has 0 amide bonds. The highest BCUT2D eigenvalue weighted by Crippen LogP contribution is 2.46. The summed E-state index contributed by atoms with van der Waals surface area (Å²) in [6.07, 6.45) is 1.81. The minimum Gasteiger partial charge on any atom is -0.428 e. The van der Waals surface area contributed by atoms with Crippen molar-refractivity contribution in [3.63, 3.8) is 0 Å². The van der Waals surface area contributed by atoms with Gasteiger partial charge in [-0.3, -0.25) is 0 Å². The Morgan fingerprint density at radius 1 is 0.491 bits per heavy atom. The number of aliphatic hydroxyl groups excluding tert-OH is 1. The summed E-state index contributed by atoms with van der Waals surface area (Å²) in [5.74, 6) is 0.162. The first-order valence-electron chi connectivity index (χ1n) is 18.1. The summed E-state index contributed by atoms with van der Waals surface area (Å²) in [4.78, 5) is 5.03. The van der Waals surface area contributed by atoms with Gasteiger partial charge in [0.2, 0.25) is 0 Å². The molecule has 5 heteroatoms. The number of fused-ring (bicyclic) bond motifs is 9. The number of benzene rings is 6. The zero-order valence-corrected chi connectivity index (χ0v) is 30.3. The lowest BCUT2D eigenvalue weighted by Crippen LogP contribution is -2.14. The molecule has 6 aromatic carbocycles. The van der Waals surface area contributed by atoms with Crippen LogP contribution in [-0.4, -0.2) is 21.7 Å². The third-order valence-corrected chi connectivity index (χ3v) is 13.7. The Labute approximate surface area is 315 Å². The van der Waals surface area contributed by atoms with Gasteiger partial charge in [0.1, 0.15) is 0 Å². The van der Waals surface area contributed by atoms with Gasteiger partial charge in [-0.1, -0.05) is 84.9 Å². The molecular formula is C48H33NO2S2. The smallest absolute Gasteiger partial charge is 0.0879 e. The number of para-hydroxylation sites is 1. The standard InChI is InChI=1S/C48H33NO2S2/c50-27-35-21-28-9-10-31(25-41(28)39-6-2-1-5-36(35)39)47-19-17-45(52-47)29-11-14-37-33(22-29)24-34-23-30(12-15-38(34)37)46-18-20-48(53-46)32-13-16-44-42(26-32)40-7-3-4-8-43(40)49(44)51/h1-20,22-23,25-26,35,50-51H,21,24,27H2. The molecule has 2 aliphatic carbocycles. The van der Waals surface area contributed by atoms with Crippen LogP contribution in [0.5, 0.6) is 0 Å². The predicted octanol–water partition coefficient (Wildman–Crippen LogP) is 12.7. The van der Waals surface area contributed by atoms with Gasteiger partial charge in [-0.25, -0.2) is 0 Å². The summed E-state index contributed by atoms with van der Waals surface area (Å²) in [5.41, 5.74) is 17.1. The Bertz CT molecular complexity index is 2920. The third-order valence-electron chi connectivity index (χ3n) is 11.4. The molecule has 11 rings (SSSR count). The van der Waals surface area contributed by atoms with Crippen LogP contribution in [0, 0.1) is 0 Å². The predicted molar refractivity (Wildman–Crippen MR) is 221 cm³/mol. The van der Waals surface area contributed by atoms with E-state index in [1.165, 1.54) is 85.4 Å². The maximum atomic E-state index is 10.7. The van der Waals surface area contributed by atoms with Gasteiger partial charge < -0.3 is 10.3 Å². The molecule has 3 aromatic heterocycles. The summed E-state index contributed by atoms with van der Waals surface area (Å²) in [5, 5.41) is 22.9. The number of rotatable bonds is 5. The molecule has 53 heavy (non-hydrogen) atoms. The Kier molecular flexibility index (Phi) is 6.93. The van der Waals surface area contributed by atoms with Crippen LogP contribution in [0.1, 0.15) is 28.2 Å². The lowest BCUT2D eigenvalue weighted by Gasteiger charge is -2.27. The molecule has 1 atom stereocenters. The molecule has 1 unspecified atom stereocenters. The quantitative estimate of drug-likeness (QED) is 0.174. The van der Waals surface area contributed by atoms with Gasteiger partial charge in [-0.15, -0.1) is 22.7 Å². The van der Waals surface area contributed by atoms with Gasteiger partial charge in [0.05, 0.1) is 17.6 Å². The van der Waals surface area contributed by atoms with E-state index >= 15 is 0 Å². The van der Waals surface area contributed by atoms with E-state index < -0.39 is 0 Å². The maximum absolute atomic E-state index is 10.7. The fourth-order valence-corrected chi connectivity index (χ4v) is 10.7. The second-order valence-electron chi connectivity index (χ2n) is 14.4. The highest BCUT2D eigenvalue weighted by atomic mass is 32.1. The van der Waals surface area contributed by atoms with E-state index in [-0.39, 0.29) is 12.5 Å². The molecule has 3 nitrogen and oxygen atoms in total. The van der Waals surface area contributed by atoms with E-state index in [0.29, 0.717) is 0 Å². The van der Waals surface area contributed by atoms with E-state index in [2.05, 4.69) is 121 Å². The highest BCUT2D eigenvalue weighted by Gasteiger charge is 2.25. The van der Waals surface area contributed by atoms with E-state index in [0.717, 1.165) is 40.2 Å². The van der Waals surface area contributed by atoms with Crippen molar-refractivity contribution in [3.8, 4) is 64.0 Å². The molecule has 0 saturated carbocycles. The van der Waals surface area contributed by atoms with Crippen molar-refractivity contribution in [2.45, 2.75) is 18.8 Å². The van der Waals surface area contributed by atoms with Crippen LogP contribution in [0.25, 0.3) is 85.8 Å². The third kappa shape index (κ3) is 4.89. The molecule has 9 aromatic rings. The topological polar surface area (TPSA) is 45.4 Å². The average Bonchev–Trinajstić information content (AvgIpc) is 4.02. The molecule has 0 saturated heterocycles. The van der Waals surface area contributed by atoms with Crippen molar-refractivity contribution in [2.75, 3.05) is 6.61 Å². The Balaban J connectivity index is 0.856. The second-order valence-corrected chi connectivity index (χ2v) is 16.5. The fraction of sp³-hybridized carbons (Fsp3) is 0.0833. The van der Waals surface area contributed by atoms with Crippen molar-refractivity contribution < 1.29 is 10.3 Å². The van der Waals surface area contributed by atoms with Crippen molar-refractivity contribution in [1.82, 2.24) is 4.73 Å². The number of hydrogen-bond acceptors (Lipinski definition) is 4. The van der Waals surface area contributed by atoms with Gasteiger partial charge in [-0.2, -0.15) is 4.73 Å².